The summed E-state index contributed by atoms with van der Waals surface area (Å²) in [5, 5.41) is 2.16. The van der Waals surface area contributed by atoms with E-state index in [0.29, 0.717) is 6.07 Å². The van der Waals surface area contributed by atoms with Crippen molar-refractivity contribution < 1.29 is 18.0 Å². The number of anilines is 1. The monoisotopic (exact) mass is 285 g/mol. The Morgan fingerprint density at radius 1 is 1.00 bits per heavy atom. The number of halogens is 4. The van der Waals surface area contributed by atoms with Crippen LogP contribution in [0.5, 0.6) is 0 Å². The third-order valence-electron chi connectivity index (χ3n) is 2.35. The van der Waals surface area contributed by atoms with E-state index in [4.69, 9.17) is 11.6 Å². The van der Waals surface area contributed by atoms with Crippen molar-refractivity contribution in [3.63, 3.8) is 0 Å². The molecule has 1 amide bonds. The zero-order valence-electron chi connectivity index (χ0n) is 9.38. The van der Waals surface area contributed by atoms with Crippen molar-refractivity contribution >= 4 is 23.2 Å². The predicted octanol–water partition coefficient (Wildman–Crippen LogP) is 4.01. The number of benzene rings is 2. The normalized spacial score (nSPS) is 10.3. The summed E-state index contributed by atoms with van der Waals surface area (Å²) in [6.45, 7) is 0. The summed E-state index contributed by atoms with van der Waals surface area (Å²) < 4.78 is 39.0. The Hall–Kier alpha value is -2.01. The van der Waals surface area contributed by atoms with E-state index in [1.807, 2.05) is 0 Å². The maximum atomic E-state index is 13.4. The van der Waals surface area contributed by atoms with Gasteiger partial charge in [0, 0.05) is 11.8 Å². The minimum Gasteiger partial charge on any atom is -0.322 e. The summed E-state index contributed by atoms with van der Waals surface area (Å²) in [6, 6.07) is 6.13. The molecule has 0 saturated carbocycles. The SMILES string of the molecule is O=C(Nc1ccc(F)c(Cl)c1)c1ccc(F)cc1F. The Bertz CT molecular complexity index is 646. The van der Waals surface area contributed by atoms with E-state index in [-0.39, 0.29) is 16.3 Å². The smallest absolute Gasteiger partial charge is 0.258 e. The van der Waals surface area contributed by atoms with E-state index in [1.165, 1.54) is 12.1 Å². The van der Waals surface area contributed by atoms with Gasteiger partial charge in [0.2, 0.25) is 0 Å². The molecule has 2 aromatic rings. The molecule has 0 heterocycles. The van der Waals surface area contributed by atoms with Crippen LogP contribution < -0.4 is 5.32 Å². The lowest BCUT2D eigenvalue weighted by Gasteiger charge is -2.06. The Labute approximate surface area is 111 Å². The van der Waals surface area contributed by atoms with Gasteiger partial charge in [-0.15, -0.1) is 0 Å². The average molecular weight is 286 g/mol. The van der Waals surface area contributed by atoms with Crippen LogP contribution in [0.1, 0.15) is 10.4 Å². The van der Waals surface area contributed by atoms with Gasteiger partial charge in [-0.25, -0.2) is 13.2 Å². The van der Waals surface area contributed by atoms with E-state index in [2.05, 4.69) is 5.32 Å². The Balaban J connectivity index is 2.23. The van der Waals surface area contributed by atoms with Crippen LogP contribution in [-0.4, -0.2) is 5.91 Å². The van der Waals surface area contributed by atoms with Crippen LogP contribution in [0, 0.1) is 17.5 Å². The van der Waals surface area contributed by atoms with E-state index >= 15 is 0 Å². The molecule has 2 aromatic carbocycles. The molecule has 0 bridgehead atoms. The Kier molecular flexibility index (Phi) is 3.76. The van der Waals surface area contributed by atoms with E-state index in [1.54, 1.807) is 0 Å². The fourth-order valence-corrected chi connectivity index (χ4v) is 1.63. The van der Waals surface area contributed by atoms with Gasteiger partial charge in [0.05, 0.1) is 10.6 Å². The van der Waals surface area contributed by atoms with Crippen LogP contribution in [0.2, 0.25) is 5.02 Å². The van der Waals surface area contributed by atoms with Crippen LogP contribution in [0.3, 0.4) is 0 Å². The molecule has 19 heavy (non-hydrogen) atoms. The van der Waals surface area contributed by atoms with E-state index in [0.717, 1.165) is 18.2 Å². The molecular weight excluding hydrogens is 279 g/mol. The van der Waals surface area contributed by atoms with Crippen LogP contribution in [0.4, 0.5) is 18.9 Å². The largest absolute Gasteiger partial charge is 0.322 e. The zero-order chi connectivity index (χ0) is 14.0. The summed E-state index contributed by atoms with van der Waals surface area (Å²) in [4.78, 5) is 11.7. The molecular formula is C13H7ClF3NO. The van der Waals surface area contributed by atoms with Gasteiger partial charge in [-0.1, -0.05) is 11.6 Å². The van der Waals surface area contributed by atoms with Gasteiger partial charge in [-0.05, 0) is 30.3 Å². The molecule has 0 fully saturated rings. The van der Waals surface area contributed by atoms with Crippen molar-refractivity contribution in [2.45, 2.75) is 0 Å². The third-order valence-corrected chi connectivity index (χ3v) is 2.64. The second-order valence-corrected chi connectivity index (χ2v) is 4.11. The molecule has 2 nitrogen and oxygen atoms in total. The number of hydrogen-bond donors (Lipinski definition) is 1. The van der Waals surface area contributed by atoms with Crippen molar-refractivity contribution in [3.8, 4) is 0 Å². The van der Waals surface area contributed by atoms with Crippen LogP contribution in [0.25, 0.3) is 0 Å². The molecule has 0 aliphatic heterocycles. The Morgan fingerprint density at radius 3 is 2.37 bits per heavy atom. The molecule has 0 aliphatic rings. The van der Waals surface area contributed by atoms with Gasteiger partial charge in [0.15, 0.2) is 0 Å². The highest BCUT2D eigenvalue weighted by Crippen LogP contribution is 2.20. The number of nitrogens with one attached hydrogen (secondary N) is 1. The topological polar surface area (TPSA) is 29.1 Å². The summed E-state index contributed by atoms with van der Waals surface area (Å²) in [6.07, 6.45) is 0. The maximum absolute atomic E-state index is 13.4. The van der Waals surface area contributed by atoms with Gasteiger partial charge < -0.3 is 5.32 Å². The maximum Gasteiger partial charge on any atom is 0.258 e. The minimum atomic E-state index is -0.981. The molecule has 0 unspecified atom stereocenters. The first-order valence-electron chi connectivity index (χ1n) is 5.19. The van der Waals surface area contributed by atoms with Crippen molar-refractivity contribution in [1.82, 2.24) is 0 Å². The zero-order valence-corrected chi connectivity index (χ0v) is 10.1. The summed E-state index contributed by atoms with van der Waals surface area (Å²) in [5.74, 6) is -3.17. The molecule has 1 N–H and O–H groups in total. The van der Waals surface area contributed by atoms with Crippen molar-refractivity contribution in [1.29, 1.82) is 0 Å². The van der Waals surface area contributed by atoms with Crippen molar-refractivity contribution in [2.24, 2.45) is 0 Å². The first-order valence-corrected chi connectivity index (χ1v) is 5.56. The lowest BCUT2D eigenvalue weighted by Crippen LogP contribution is -2.14. The first-order chi connectivity index (χ1) is 8.97. The summed E-state index contributed by atoms with van der Waals surface area (Å²) in [5.41, 5.74) is -0.109. The van der Waals surface area contributed by atoms with Gasteiger partial charge in [-0.2, -0.15) is 0 Å². The molecule has 0 atom stereocenters. The number of rotatable bonds is 2. The highest BCUT2D eigenvalue weighted by atomic mass is 35.5. The van der Waals surface area contributed by atoms with Gasteiger partial charge in [-0.3, -0.25) is 4.79 Å². The molecule has 0 aliphatic carbocycles. The number of hydrogen-bond acceptors (Lipinski definition) is 1. The number of carbonyl (C=O) groups excluding carboxylic acids is 1. The molecule has 0 spiro atoms. The van der Waals surface area contributed by atoms with E-state index in [9.17, 15) is 18.0 Å². The predicted molar refractivity (Wildman–Crippen MR) is 65.7 cm³/mol. The highest BCUT2D eigenvalue weighted by Gasteiger charge is 2.13. The molecule has 2 rings (SSSR count). The van der Waals surface area contributed by atoms with Crippen LogP contribution in [0.15, 0.2) is 36.4 Å². The fourth-order valence-electron chi connectivity index (χ4n) is 1.45. The third kappa shape index (κ3) is 3.06. The molecule has 0 aromatic heterocycles. The van der Waals surface area contributed by atoms with Crippen molar-refractivity contribution in [3.05, 3.63) is 64.4 Å². The lowest BCUT2D eigenvalue weighted by molar-refractivity contribution is 0.102. The minimum absolute atomic E-state index is 0.169. The molecule has 0 saturated heterocycles. The van der Waals surface area contributed by atoms with Crippen LogP contribution in [-0.2, 0) is 0 Å². The molecule has 98 valence electrons. The molecule has 6 heteroatoms. The van der Waals surface area contributed by atoms with Crippen LogP contribution >= 0.6 is 11.6 Å². The summed E-state index contributed by atoms with van der Waals surface area (Å²) >= 11 is 5.55. The highest BCUT2D eigenvalue weighted by molar-refractivity contribution is 6.31. The standard InChI is InChI=1S/C13H7ClF3NO/c14-10-6-8(2-4-11(10)16)18-13(19)9-3-1-7(15)5-12(9)17/h1-6H,(H,18,19). The quantitative estimate of drug-likeness (QED) is 0.887. The van der Waals surface area contributed by atoms with Gasteiger partial charge in [0.1, 0.15) is 17.5 Å². The van der Waals surface area contributed by atoms with Crippen molar-refractivity contribution in [2.75, 3.05) is 5.32 Å². The van der Waals surface area contributed by atoms with Gasteiger partial charge >= 0.3 is 0 Å². The second-order valence-electron chi connectivity index (χ2n) is 3.71. The first kappa shape index (κ1) is 13.4. The average Bonchev–Trinajstić information content (AvgIpc) is 2.33. The molecule has 0 radical (unpaired) electrons. The summed E-state index contributed by atoms with van der Waals surface area (Å²) in [7, 11) is 0. The Morgan fingerprint density at radius 2 is 1.74 bits per heavy atom. The lowest BCUT2D eigenvalue weighted by atomic mass is 10.2. The number of amides is 1. The van der Waals surface area contributed by atoms with E-state index < -0.39 is 23.4 Å². The number of carbonyl (C=O) groups is 1. The fraction of sp³-hybridized carbons (Fsp3) is 0. The second kappa shape index (κ2) is 5.32. The van der Waals surface area contributed by atoms with Gasteiger partial charge in [0.25, 0.3) is 5.91 Å².